The van der Waals surface area contributed by atoms with E-state index in [-0.39, 0.29) is 23.8 Å². The summed E-state index contributed by atoms with van der Waals surface area (Å²) in [6, 6.07) is 10.0. The molecule has 0 aliphatic carbocycles. The highest BCUT2D eigenvalue weighted by molar-refractivity contribution is 5.80. The van der Waals surface area contributed by atoms with Gasteiger partial charge in [0.2, 0.25) is 11.8 Å². The fraction of sp³-hybridized carbons (Fsp3) is 0.381. The van der Waals surface area contributed by atoms with Crippen LogP contribution in [0.15, 0.2) is 55.4 Å². The first-order valence-corrected chi connectivity index (χ1v) is 10.0. The van der Waals surface area contributed by atoms with E-state index in [1.807, 2.05) is 42.3 Å². The number of benzene rings is 1. The van der Waals surface area contributed by atoms with Crippen LogP contribution in [0.2, 0.25) is 0 Å². The molecule has 1 N–H and O–H groups in total. The molecule has 4 rings (SSSR count). The second kappa shape index (κ2) is 8.89. The van der Waals surface area contributed by atoms with Gasteiger partial charge in [0.15, 0.2) is 0 Å². The number of aryl methyl sites for hydroxylation is 1. The Morgan fingerprint density at radius 2 is 2.03 bits per heavy atom. The molecule has 1 saturated heterocycles. The van der Waals surface area contributed by atoms with E-state index in [4.69, 9.17) is 0 Å². The molecule has 2 aromatic heterocycles. The van der Waals surface area contributed by atoms with Gasteiger partial charge >= 0.3 is 0 Å². The summed E-state index contributed by atoms with van der Waals surface area (Å²) in [5.74, 6) is 0.0240. The molecule has 3 heterocycles. The molecule has 3 aromatic rings. The number of hydrogen-bond donors (Lipinski definition) is 1. The van der Waals surface area contributed by atoms with E-state index in [0.717, 1.165) is 5.56 Å². The molecule has 0 unspecified atom stereocenters. The van der Waals surface area contributed by atoms with E-state index in [0.29, 0.717) is 32.5 Å². The van der Waals surface area contributed by atoms with Crippen molar-refractivity contribution in [3.05, 3.63) is 66.5 Å². The zero-order valence-electron chi connectivity index (χ0n) is 16.9. The molecule has 0 spiro atoms. The van der Waals surface area contributed by atoms with E-state index in [9.17, 15) is 9.59 Å². The van der Waals surface area contributed by atoms with Gasteiger partial charge in [0.05, 0.1) is 25.3 Å². The summed E-state index contributed by atoms with van der Waals surface area (Å²) >= 11 is 0. The normalized spacial score (nSPS) is 18.7. The standard InChI is InChI=1S/C21H25N7O2/c1-26-20(30)9-17(10-23-19(29)7-8-27-15-22-14-25-27)21(26)18-11-24-28(13-18)12-16-5-3-2-4-6-16/h2-6,11,13-15,17,21H,7-10,12H2,1H3,(H,23,29)/t17-,21+/m0/s1. The Bertz CT molecular complexity index is 984. The Kier molecular flexibility index (Phi) is 5.87. The third kappa shape index (κ3) is 4.56. The molecule has 1 aromatic carbocycles. The molecule has 9 heteroatoms. The molecule has 30 heavy (non-hydrogen) atoms. The Hall–Kier alpha value is -3.49. The molecule has 2 amide bonds. The van der Waals surface area contributed by atoms with Crippen molar-refractivity contribution in [1.29, 1.82) is 0 Å². The van der Waals surface area contributed by atoms with Crippen molar-refractivity contribution < 1.29 is 9.59 Å². The Morgan fingerprint density at radius 1 is 1.20 bits per heavy atom. The quantitative estimate of drug-likeness (QED) is 0.606. The summed E-state index contributed by atoms with van der Waals surface area (Å²) in [5.41, 5.74) is 2.15. The summed E-state index contributed by atoms with van der Waals surface area (Å²) in [6.45, 7) is 1.60. The lowest BCUT2D eigenvalue weighted by atomic mass is 9.95. The van der Waals surface area contributed by atoms with Crippen LogP contribution < -0.4 is 5.32 Å². The molecule has 0 saturated carbocycles. The number of aromatic nitrogens is 5. The summed E-state index contributed by atoms with van der Waals surface area (Å²) in [7, 11) is 1.81. The third-order valence-corrected chi connectivity index (χ3v) is 5.47. The minimum absolute atomic E-state index is 0.00666. The van der Waals surface area contributed by atoms with Gasteiger partial charge in [0, 0.05) is 44.1 Å². The smallest absolute Gasteiger partial charge is 0.223 e. The zero-order valence-corrected chi connectivity index (χ0v) is 16.9. The van der Waals surface area contributed by atoms with Crippen molar-refractivity contribution in [2.45, 2.75) is 32.0 Å². The number of rotatable bonds is 8. The number of carbonyl (C=O) groups is 2. The largest absolute Gasteiger partial charge is 0.356 e. The lowest BCUT2D eigenvalue weighted by Gasteiger charge is -2.24. The minimum atomic E-state index is -0.0994. The fourth-order valence-corrected chi connectivity index (χ4v) is 3.92. The van der Waals surface area contributed by atoms with Crippen LogP contribution in [0.4, 0.5) is 0 Å². The van der Waals surface area contributed by atoms with E-state index >= 15 is 0 Å². The first kappa shape index (κ1) is 19.8. The Balaban J connectivity index is 1.37. The second-order valence-electron chi connectivity index (χ2n) is 7.58. The van der Waals surface area contributed by atoms with Crippen LogP contribution >= 0.6 is 0 Å². The number of nitrogens with one attached hydrogen (secondary N) is 1. The van der Waals surface area contributed by atoms with Gasteiger partial charge in [-0.25, -0.2) is 4.98 Å². The summed E-state index contributed by atoms with van der Waals surface area (Å²) in [6.07, 6.45) is 7.57. The maximum absolute atomic E-state index is 12.4. The molecule has 1 fully saturated rings. The maximum atomic E-state index is 12.4. The highest BCUT2D eigenvalue weighted by atomic mass is 16.2. The fourth-order valence-electron chi connectivity index (χ4n) is 3.92. The molecule has 0 bridgehead atoms. The van der Waals surface area contributed by atoms with Crippen LogP contribution in [0.3, 0.4) is 0 Å². The van der Waals surface area contributed by atoms with Crippen molar-refractivity contribution in [3.8, 4) is 0 Å². The maximum Gasteiger partial charge on any atom is 0.223 e. The van der Waals surface area contributed by atoms with Gasteiger partial charge in [-0.3, -0.25) is 19.0 Å². The molecule has 9 nitrogen and oxygen atoms in total. The van der Waals surface area contributed by atoms with Gasteiger partial charge in [-0.15, -0.1) is 0 Å². The van der Waals surface area contributed by atoms with Gasteiger partial charge in [-0.05, 0) is 5.56 Å². The average Bonchev–Trinajstić information content (AvgIpc) is 3.48. The Labute approximate surface area is 174 Å². The van der Waals surface area contributed by atoms with Crippen LogP contribution in [0.5, 0.6) is 0 Å². The number of carbonyl (C=O) groups excluding carboxylic acids is 2. The number of amides is 2. The van der Waals surface area contributed by atoms with Gasteiger partial charge in [-0.2, -0.15) is 10.2 Å². The van der Waals surface area contributed by atoms with Gasteiger partial charge in [-0.1, -0.05) is 30.3 Å². The first-order chi connectivity index (χ1) is 14.6. The molecule has 1 aliphatic rings. The summed E-state index contributed by atoms with van der Waals surface area (Å²) in [5, 5.41) is 11.4. The predicted molar refractivity (Wildman–Crippen MR) is 109 cm³/mol. The monoisotopic (exact) mass is 407 g/mol. The highest BCUT2D eigenvalue weighted by Crippen LogP contribution is 2.36. The van der Waals surface area contributed by atoms with E-state index in [2.05, 4.69) is 32.6 Å². The number of nitrogens with zero attached hydrogens (tertiary/aromatic N) is 6. The topological polar surface area (TPSA) is 97.9 Å². The third-order valence-electron chi connectivity index (χ3n) is 5.47. The van der Waals surface area contributed by atoms with Crippen LogP contribution in [-0.2, 0) is 22.7 Å². The van der Waals surface area contributed by atoms with Crippen LogP contribution in [0, 0.1) is 5.92 Å². The second-order valence-corrected chi connectivity index (χ2v) is 7.58. The molecular weight excluding hydrogens is 382 g/mol. The van der Waals surface area contributed by atoms with Gasteiger partial charge in [0.1, 0.15) is 12.7 Å². The molecule has 0 radical (unpaired) electrons. The SMILES string of the molecule is CN1C(=O)C[C@@H](CNC(=O)CCn2cncn2)[C@@H]1c1cnn(Cc2ccccc2)c1. The van der Waals surface area contributed by atoms with Gasteiger partial charge in [0.25, 0.3) is 0 Å². The molecule has 156 valence electrons. The van der Waals surface area contributed by atoms with Crippen LogP contribution in [0.25, 0.3) is 0 Å². The first-order valence-electron chi connectivity index (χ1n) is 10.0. The van der Waals surface area contributed by atoms with Crippen molar-refractivity contribution >= 4 is 11.8 Å². The van der Waals surface area contributed by atoms with E-state index in [1.165, 1.54) is 11.9 Å². The predicted octanol–water partition coefficient (Wildman–Crippen LogP) is 1.25. The summed E-state index contributed by atoms with van der Waals surface area (Å²) in [4.78, 5) is 30.2. The van der Waals surface area contributed by atoms with Crippen LogP contribution in [-0.4, -0.2) is 54.9 Å². The zero-order chi connectivity index (χ0) is 20.9. The molecule has 2 atom stereocenters. The lowest BCUT2D eigenvalue weighted by Crippen LogP contribution is -2.32. The Morgan fingerprint density at radius 3 is 2.80 bits per heavy atom. The van der Waals surface area contributed by atoms with E-state index < -0.39 is 0 Å². The minimum Gasteiger partial charge on any atom is -0.356 e. The number of hydrogen-bond acceptors (Lipinski definition) is 5. The highest BCUT2D eigenvalue weighted by Gasteiger charge is 2.39. The summed E-state index contributed by atoms with van der Waals surface area (Å²) < 4.78 is 3.51. The van der Waals surface area contributed by atoms with Crippen molar-refractivity contribution in [1.82, 2.24) is 34.8 Å². The molecular formula is C21H25N7O2. The van der Waals surface area contributed by atoms with Crippen molar-refractivity contribution in [2.75, 3.05) is 13.6 Å². The lowest BCUT2D eigenvalue weighted by molar-refractivity contribution is -0.127. The number of likely N-dealkylation sites (tertiary alicyclic amines) is 1. The van der Waals surface area contributed by atoms with E-state index in [1.54, 1.807) is 15.9 Å². The van der Waals surface area contributed by atoms with Crippen molar-refractivity contribution in [3.63, 3.8) is 0 Å². The van der Waals surface area contributed by atoms with Gasteiger partial charge < -0.3 is 10.2 Å². The van der Waals surface area contributed by atoms with Crippen LogP contribution in [0.1, 0.15) is 30.0 Å². The van der Waals surface area contributed by atoms with Crippen molar-refractivity contribution in [2.24, 2.45) is 5.92 Å². The average molecular weight is 407 g/mol. The molecule has 1 aliphatic heterocycles.